The number of likely N-dealkylation sites (tertiary alicyclic amines) is 1. The van der Waals surface area contributed by atoms with E-state index >= 15 is 0 Å². The third-order valence-electron chi connectivity index (χ3n) is 7.40. The minimum absolute atomic E-state index is 0.101. The molecule has 1 amide bonds. The van der Waals surface area contributed by atoms with Gasteiger partial charge in [0.2, 0.25) is 5.91 Å². The molecule has 33 heavy (non-hydrogen) atoms. The summed E-state index contributed by atoms with van der Waals surface area (Å²) in [5.74, 6) is 1.52. The third-order valence-corrected chi connectivity index (χ3v) is 7.40. The van der Waals surface area contributed by atoms with Crippen molar-refractivity contribution in [3.63, 3.8) is 0 Å². The Morgan fingerprint density at radius 2 is 1.76 bits per heavy atom. The summed E-state index contributed by atoms with van der Waals surface area (Å²) in [7, 11) is 2.09. The lowest BCUT2D eigenvalue weighted by molar-refractivity contribution is -0.137. The average molecular weight is 446 g/mol. The van der Waals surface area contributed by atoms with Crippen molar-refractivity contribution >= 4 is 22.6 Å². The molecule has 2 aliphatic rings. The highest BCUT2D eigenvalue weighted by Crippen LogP contribution is 2.24. The van der Waals surface area contributed by atoms with Gasteiger partial charge in [-0.1, -0.05) is 31.2 Å². The van der Waals surface area contributed by atoms with Gasteiger partial charge in [-0.3, -0.25) is 9.69 Å². The van der Waals surface area contributed by atoms with Crippen LogP contribution in [0.15, 0.2) is 48.5 Å². The van der Waals surface area contributed by atoms with Crippen LogP contribution in [0.4, 0.5) is 5.69 Å². The van der Waals surface area contributed by atoms with E-state index in [1.165, 1.54) is 16.8 Å². The molecule has 174 valence electrons. The van der Waals surface area contributed by atoms with Crippen molar-refractivity contribution in [2.24, 2.45) is 13.0 Å². The number of para-hydroxylation sites is 2. The van der Waals surface area contributed by atoms with Gasteiger partial charge in [0.25, 0.3) is 0 Å². The molecule has 2 saturated heterocycles. The number of amides is 1. The number of hydrogen-bond donors (Lipinski definition) is 0. The second-order valence-corrected chi connectivity index (χ2v) is 9.48. The van der Waals surface area contributed by atoms with Crippen LogP contribution in [0.1, 0.15) is 31.2 Å². The summed E-state index contributed by atoms with van der Waals surface area (Å²) in [4.78, 5) is 25.1. The highest BCUT2D eigenvalue weighted by molar-refractivity contribution is 5.79. The number of aromatic nitrogens is 2. The van der Waals surface area contributed by atoms with Gasteiger partial charge in [-0.2, -0.15) is 0 Å². The smallest absolute Gasteiger partial charge is 0.227 e. The summed E-state index contributed by atoms with van der Waals surface area (Å²) in [5.41, 5.74) is 4.85. The predicted octanol–water partition coefficient (Wildman–Crippen LogP) is 3.70. The number of piperidine rings is 1. The van der Waals surface area contributed by atoms with E-state index < -0.39 is 0 Å². The molecule has 3 heterocycles. The average Bonchev–Trinajstić information content (AvgIpc) is 3.19. The molecule has 0 radical (unpaired) electrons. The molecule has 6 nitrogen and oxygen atoms in total. The summed E-state index contributed by atoms with van der Waals surface area (Å²) >= 11 is 0. The number of nitrogens with zero attached hydrogens (tertiary/aromatic N) is 5. The Kier molecular flexibility index (Phi) is 6.36. The molecule has 6 heteroatoms. The molecule has 1 aromatic heterocycles. The SMILES string of the molecule is CCc1ccc(N2CCN(C(=O)[C@H]3CCCN(Cc4nc5ccccc5n4C)C3)CC2)cc1. The van der Waals surface area contributed by atoms with Gasteiger partial charge in [-0.05, 0) is 55.6 Å². The fraction of sp³-hybridized carbons (Fsp3) is 0.481. The van der Waals surface area contributed by atoms with Crippen LogP contribution >= 0.6 is 0 Å². The summed E-state index contributed by atoms with van der Waals surface area (Å²) < 4.78 is 2.19. The van der Waals surface area contributed by atoms with Crippen LogP contribution in [-0.4, -0.2) is 64.5 Å². The van der Waals surface area contributed by atoms with Gasteiger partial charge in [0.15, 0.2) is 0 Å². The number of piperazine rings is 1. The summed E-state index contributed by atoms with van der Waals surface area (Å²) in [6.07, 6.45) is 3.14. The van der Waals surface area contributed by atoms with Gasteiger partial charge >= 0.3 is 0 Å². The van der Waals surface area contributed by atoms with E-state index in [1.54, 1.807) is 0 Å². The molecule has 0 bridgehead atoms. The summed E-state index contributed by atoms with van der Waals surface area (Å²) in [6.45, 7) is 8.31. The van der Waals surface area contributed by atoms with Crippen molar-refractivity contribution in [3.05, 3.63) is 59.9 Å². The topological polar surface area (TPSA) is 44.6 Å². The fourth-order valence-corrected chi connectivity index (χ4v) is 5.32. The van der Waals surface area contributed by atoms with Crippen molar-refractivity contribution in [1.82, 2.24) is 19.4 Å². The standard InChI is InChI=1S/C27H35N5O/c1-3-21-10-12-23(13-11-21)31-15-17-32(18-16-31)27(33)22-7-6-14-30(19-22)20-26-28-24-8-4-5-9-25(24)29(26)2/h4-5,8-13,22H,3,6-7,14-20H2,1-2H3/t22-/m0/s1. The Morgan fingerprint density at radius 1 is 1.00 bits per heavy atom. The van der Waals surface area contributed by atoms with Gasteiger partial charge in [0.1, 0.15) is 5.82 Å². The minimum atomic E-state index is 0.101. The summed E-state index contributed by atoms with van der Waals surface area (Å²) in [5, 5.41) is 0. The van der Waals surface area contributed by atoms with E-state index in [-0.39, 0.29) is 5.92 Å². The fourth-order valence-electron chi connectivity index (χ4n) is 5.32. The van der Waals surface area contributed by atoms with Crippen LogP contribution in [-0.2, 0) is 24.8 Å². The van der Waals surface area contributed by atoms with Crippen molar-refractivity contribution in [2.45, 2.75) is 32.7 Å². The largest absolute Gasteiger partial charge is 0.368 e. The molecule has 1 atom stereocenters. The van der Waals surface area contributed by atoms with Crippen LogP contribution in [0.3, 0.4) is 0 Å². The van der Waals surface area contributed by atoms with Crippen LogP contribution in [0.5, 0.6) is 0 Å². The number of carbonyl (C=O) groups excluding carboxylic acids is 1. The van der Waals surface area contributed by atoms with Gasteiger partial charge in [0.05, 0.1) is 23.5 Å². The molecular formula is C27H35N5O. The second-order valence-electron chi connectivity index (χ2n) is 9.48. The molecule has 2 fully saturated rings. The Balaban J connectivity index is 1.17. The molecule has 0 spiro atoms. The first kappa shape index (κ1) is 22.0. The van der Waals surface area contributed by atoms with E-state index in [0.29, 0.717) is 5.91 Å². The van der Waals surface area contributed by atoms with E-state index in [2.05, 4.69) is 75.7 Å². The van der Waals surface area contributed by atoms with E-state index in [1.807, 2.05) is 6.07 Å². The maximum Gasteiger partial charge on any atom is 0.227 e. The zero-order chi connectivity index (χ0) is 22.8. The number of aryl methyl sites for hydroxylation is 2. The molecular weight excluding hydrogens is 410 g/mol. The maximum atomic E-state index is 13.3. The molecule has 2 aliphatic heterocycles. The van der Waals surface area contributed by atoms with E-state index in [9.17, 15) is 4.79 Å². The van der Waals surface area contributed by atoms with Gasteiger partial charge in [-0.25, -0.2) is 4.98 Å². The zero-order valence-corrected chi connectivity index (χ0v) is 19.9. The van der Waals surface area contributed by atoms with Crippen LogP contribution in [0.25, 0.3) is 11.0 Å². The monoisotopic (exact) mass is 445 g/mol. The molecule has 2 aromatic carbocycles. The summed E-state index contributed by atoms with van der Waals surface area (Å²) in [6, 6.07) is 17.2. The normalized spacial score (nSPS) is 19.9. The quantitative estimate of drug-likeness (QED) is 0.601. The predicted molar refractivity (Wildman–Crippen MR) is 133 cm³/mol. The van der Waals surface area contributed by atoms with Crippen LogP contribution in [0.2, 0.25) is 0 Å². The molecule has 0 saturated carbocycles. The molecule has 0 unspecified atom stereocenters. The first-order chi connectivity index (χ1) is 16.1. The van der Waals surface area contributed by atoms with Crippen molar-refractivity contribution < 1.29 is 4.79 Å². The minimum Gasteiger partial charge on any atom is -0.368 e. The number of anilines is 1. The second kappa shape index (κ2) is 9.56. The van der Waals surface area contributed by atoms with Gasteiger partial charge < -0.3 is 14.4 Å². The lowest BCUT2D eigenvalue weighted by Gasteiger charge is -2.39. The Hall–Kier alpha value is -2.86. The van der Waals surface area contributed by atoms with Crippen LogP contribution in [0, 0.1) is 5.92 Å². The highest BCUT2D eigenvalue weighted by atomic mass is 16.2. The Labute approximate surface area is 196 Å². The number of fused-ring (bicyclic) bond motifs is 1. The van der Waals surface area contributed by atoms with Crippen molar-refractivity contribution in [2.75, 3.05) is 44.2 Å². The van der Waals surface area contributed by atoms with Crippen LogP contribution < -0.4 is 4.90 Å². The molecule has 0 N–H and O–H groups in total. The lowest BCUT2D eigenvalue weighted by Crippen LogP contribution is -2.52. The first-order valence-electron chi connectivity index (χ1n) is 12.4. The number of hydrogen-bond acceptors (Lipinski definition) is 4. The van der Waals surface area contributed by atoms with E-state index in [0.717, 1.165) is 76.4 Å². The Bertz CT molecular complexity index is 1100. The number of imidazole rings is 1. The van der Waals surface area contributed by atoms with E-state index in [4.69, 9.17) is 4.98 Å². The van der Waals surface area contributed by atoms with Crippen molar-refractivity contribution in [3.8, 4) is 0 Å². The lowest BCUT2D eigenvalue weighted by atomic mass is 9.96. The van der Waals surface area contributed by atoms with Gasteiger partial charge in [0, 0.05) is 45.5 Å². The molecule has 3 aromatic rings. The van der Waals surface area contributed by atoms with Gasteiger partial charge in [-0.15, -0.1) is 0 Å². The Morgan fingerprint density at radius 3 is 2.48 bits per heavy atom. The number of carbonyl (C=O) groups is 1. The zero-order valence-electron chi connectivity index (χ0n) is 19.9. The molecule has 5 rings (SSSR count). The highest BCUT2D eigenvalue weighted by Gasteiger charge is 2.31. The van der Waals surface area contributed by atoms with Crippen molar-refractivity contribution in [1.29, 1.82) is 0 Å². The third kappa shape index (κ3) is 4.62. The maximum absolute atomic E-state index is 13.3. The number of rotatable bonds is 5. The molecule has 0 aliphatic carbocycles. The first-order valence-corrected chi connectivity index (χ1v) is 12.4. The number of benzene rings is 2.